The van der Waals surface area contributed by atoms with Gasteiger partial charge in [0, 0.05) is 16.3 Å². The Morgan fingerprint density at radius 2 is 1.81 bits per heavy atom. The van der Waals surface area contributed by atoms with Crippen LogP contribution in [0.1, 0.15) is 17.0 Å². The minimum Gasteiger partial charge on any atom is -0.308 e. The van der Waals surface area contributed by atoms with E-state index in [9.17, 15) is 9.18 Å². The van der Waals surface area contributed by atoms with E-state index in [4.69, 9.17) is 11.6 Å². The number of carbonyl (C=O) groups is 1. The molecule has 0 spiro atoms. The van der Waals surface area contributed by atoms with E-state index < -0.39 is 0 Å². The van der Waals surface area contributed by atoms with Crippen LogP contribution >= 0.6 is 11.6 Å². The molecule has 3 aromatic rings. The number of anilines is 2. The van der Waals surface area contributed by atoms with Gasteiger partial charge in [-0.1, -0.05) is 29.8 Å². The highest BCUT2D eigenvalue weighted by molar-refractivity contribution is 6.30. The molecule has 0 saturated heterocycles. The minimum absolute atomic E-state index is 0.282. The maximum absolute atomic E-state index is 13.9. The Morgan fingerprint density at radius 1 is 1.12 bits per heavy atom. The Balaban J connectivity index is 1.74. The number of nitrogens with zero attached hydrogens (tertiary/aromatic N) is 2. The molecular weight excluding hydrogens is 355 g/mol. The number of urea groups is 1. The van der Waals surface area contributed by atoms with Gasteiger partial charge in [0.25, 0.3) is 0 Å². The van der Waals surface area contributed by atoms with Crippen molar-refractivity contribution >= 4 is 29.0 Å². The van der Waals surface area contributed by atoms with Gasteiger partial charge in [0.1, 0.15) is 5.82 Å². The fourth-order valence-electron chi connectivity index (χ4n) is 2.63. The van der Waals surface area contributed by atoms with Gasteiger partial charge in [-0.15, -0.1) is 0 Å². The minimum atomic E-state index is -0.385. The van der Waals surface area contributed by atoms with Crippen molar-refractivity contribution < 1.29 is 9.18 Å². The molecule has 26 heavy (non-hydrogen) atoms. The van der Waals surface area contributed by atoms with E-state index in [0.29, 0.717) is 34.2 Å². The Bertz CT molecular complexity index is 937. The van der Waals surface area contributed by atoms with Crippen LogP contribution < -0.4 is 10.6 Å². The Morgan fingerprint density at radius 3 is 2.50 bits per heavy atom. The number of amides is 2. The summed E-state index contributed by atoms with van der Waals surface area (Å²) in [6.07, 6.45) is 0. The summed E-state index contributed by atoms with van der Waals surface area (Å²) < 4.78 is 15.5. The van der Waals surface area contributed by atoms with E-state index in [2.05, 4.69) is 15.7 Å². The van der Waals surface area contributed by atoms with Crippen molar-refractivity contribution in [2.24, 2.45) is 0 Å². The van der Waals surface area contributed by atoms with Gasteiger partial charge < -0.3 is 10.6 Å². The van der Waals surface area contributed by atoms with Crippen LogP contribution in [0.15, 0.2) is 48.5 Å². The van der Waals surface area contributed by atoms with E-state index in [1.165, 1.54) is 6.07 Å². The van der Waals surface area contributed by atoms with Crippen molar-refractivity contribution in [3.8, 4) is 0 Å². The van der Waals surface area contributed by atoms with Crippen LogP contribution in [0.25, 0.3) is 0 Å². The number of hydrogen-bond donors (Lipinski definition) is 2. The molecule has 0 bridgehead atoms. The average molecular weight is 373 g/mol. The van der Waals surface area contributed by atoms with Crippen molar-refractivity contribution in [3.05, 3.63) is 76.3 Å². The zero-order valence-corrected chi connectivity index (χ0v) is 15.1. The smallest absolute Gasteiger partial charge is 0.308 e. The molecular formula is C19H18ClFN4O. The van der Waals surface area contributed by atoms with Crippen LogP contribution in [-0.2, 0) is 6.54 Å². The Kier molecular flexibility index (Phi) is 5.23. The summed E-state index contributed by atoms with van der Waals surface area (Å²) in [7, 11) is 0. The first kappa shape index (κ1) is 17.9. The molecule has 134 valence electrons. The summed E-state index contributed by atoms with van der Waals surface area (Å²) in [6, 6.07) is 13.0. The van der Waals surface area contributed by atoms with Gasteiger partial charge in [-0.3, -0.25) is 4.68 Å². The quantitative estimate of drug-likeness (QED) is 0.678. The van der Waals surface area contributed by atoms with Gasteiger partial charge in [0.15, 0.2) is 0 Å². The summed E-state index contributed by atoms with van der Waals surface area (Å²) in [4.78, 5) is 12.2. The number of aromatic nitrogens is 2. The zero-order chi connectivity index (χ0) is 18.7. The van der Waals surface area contributed by atoms with Gasteiger partial charge in [0.2, 0.25) is 0 Å². The van der Waals surface area contributed by atoms with E-state index in [-0.39, 0.29) is 11.8 Å². The molecule has 0 fully saturated rings. The third kappa shape index (κ3) is 4.03. The van der Waals surface area contributed by atoms with Gasteiger partial charge >= 0.3 is 6.03 Å². The summed E-state index contributed by atoms with van der Waals surface area (Å²) in [5, 5.41) is 10.5. The van der Waals surface area contributed by atoms with Gasteiger partial charge in [0.05, 0.1) is 23.6 Å². The molecule has 1 aromatic heterocycles. The highest BCUT2D eigenvalue weighted by Crippen LogP contribution is 2.22. The molecule has 0 radical (unpaired) electrons. The summed E-state index contributed by atoms with van der Waals surface area (Å²) >= 11 is 5.83. The van der Waals surface area contributed by atoms with Crippen molar-refractivity contribution in [1.29, 1.82) is 0 Å². The van der Waals surface area contributed by atoms with Crippen LogP contribution in [0.4, 0.5) is 20.6 Å². The van der Waals surface area contributed by atoms with Gasteiger partial charge in [-0.2, -0.15) is 5.10 Å². The number of nitrogens with one attached hydrogen (secondary N) is 2. The molecule has 0 unspecified atom stereocenters. The summed E-state index contributed by atoms with van der Waals surface area (Å²) in [5.41, 5.74) is 3.17. The number of hydrogen-bond acceptors (Lipinski definition) is 2. The topological polar surface area (TPSA) is 59.0 Å². The maximum Gasteiger partial charge on any atom is 0.323 e. The molecule has 2 amide bonds. The first-order valence-electron chi connectivity index (χ1n) is 8.05. The van der Waals surface area contributed by atoms with Gasteiger partial charge in [-0.05, 0) is 44.2 Å². The highest BCUT2D eigenvalue weighted by atomic mass is 35.5. The molecule has 3 rings (SSSR count). The van der Waals surface area contributed by atoms with Crippen LogP contribution in [0.2, 0.25) is 5.02 Å². The molecule has 5 nitrogen and oxygen atoms in total. The third-order valence-electron chi connectivity index (χ3n) is 4.00. The maximum atomic E-state index is 13.9. The normalized spacial score (nSPS) is 10.6. The summed E-state index contributed by atoms with van der Waals surface area (Å²) in [6.45, 7) is 3.92. The van der Waals surface area contributed by atoms with Crippen molar-refractivity contribution in [1.82, 2.24) is 9.78 Å². The van der Waals surface area contributed by atoms with Crippen LogP contribution in [0, 0.1) is 19.7 Å². The second kappa shape index (κ2) is 7.58. The number of benzene rings is 2. The molecule has 0 saturated carbocycles. The number of aryl methyl sites for hydroxylation is 1. The number of rotatable bonds is 4. The molecule has 2 N–H and O–H groups in total. The Labute approximate surface area is 155 Å². The largest absolute Gasteiger partial charge is 0.323 e. The second-order valence-electron chi connectivity index (χ2n) is 5.88. The molecule has 0 atom stereocenters. The van der Waals surface area contributed by atoms with E-state index in [1.807, 2.05) is 6.92 Å². The van der Waals surface area contributed by atoms with Crippen molar-refractivity contribution in [2.75, 3.05) is 10.6 Å². The first-order chi connectivity index (χ1) is 12.4. The second-order valence-corrected chi connectivity index (χ2v) is 6.32. The molecule has 0 aliphatic rings. The molecule has 1 heterocycles. The molecule has 0 aliphatic heterocycles. The monoisotopic (exact) mass is 372 g/mol. The van der Waals surface area contributed by atoms with Crippen LogP contribution in [0.3, 0.4) is 0 Å². The van der Waals surface area contributed by atoms with E-state index in [0.717, 1.165) is 5.69 Å². The lowest BCUT2D eigenvalue weighted by Gasteiger charge is -2.09. The highest BCUT2D eigenvalue weighted by Gasteiger charge is 2.15. The lowest BCUT2D eigenvalue weighted by Crippen LogP contribution is -2.20. The average Bonchev–Trinajstić information content (AvgIpc) is 2.86. The predicted octanol–water partition coefficient (Wildman–Crippen LogP) is 4.98. The fourth-order valence-corrected chi connectivity index (χ4v) is 2.75. The number of halogens is 2. The van der Waals surface area contributed by atoms with Gasteiger partial charge in [-0.25, -0.2) is 9.18 Å². The lowest BCUT2D eigenvalue weighted by atomic mass is 10.2. The van der Waals surface area contributed by atoms with Crippen molar-refractivity contribution in [2.45, 2.75) is 20.4 Å². The lowest BCUT2D eigenvalue weighted by molar-refractivity contribution is 0.262. The zero-order valence-electron chi connectivity index (χ0n) is 14.4. The molecule has 0 aliphatic carbocycles. The standard InChI is InChI=1S/C19H18ClFN4O/c1-12-18(23-19(26)22-16-9-7-15(20)8-10-16)13(2)25(24-12)11-14-5-3-4-6-17(14)21/h3-10H,11H2,1-2H3,(H2,22,23,26). The van der Waals surface area contributed by atoms with Crippen LogP contribution in [0.5, 0.6) is 0 Å². The SMILES string of the molecule is Cc1nn(Cc2ccccc2F)c(C)c1NC(=O)Nc1ccc(Cl)cc1. The first-order valence-corrected chi connectivity index (χ1v) is 8.43. The van der Waals surface area contributed by atoms with E-state index >= 15 is 0 Å². The Hall–Kier alpha value is -2.86. The molecule has 2 aromatic carbocycles. The predicted molar refractivity (Wildman–Crippen MR) is 101 cm³/mol. The van der Waals surface area contributed by atoms with E-state index in [1.54, 1.807) is 54.1 Å². The van der Waals surface area contributed by atoms with Crippen LogP contribution in [-0.4, -0.2) is 15.8 Å². The van der Waals surface area contributed by atoms with Crippen molar-refractivity contribution in [3.63, 3.8) is 0 Å². The third-order valence-corrected chi connectivity index (χ3v) is 4.25. The molecule has 7 heteroatoms. The number of carbonyl (C=O) groups excluding carboxylic acids is 1. The summed E-state index contributed by atoms with van der Waals surface area (Å²) in [5.74, 6) is -0.282. The fraction of sp³-hybridized carbons (Fsp3) is 0.158.